The lowest BCUT2D eigenvalue weighted by Gasteiger charge is -2.52. The van der Waals surface area contributed by atoms with E-state index in [4.69, 9.17) is 71.1 Å². The molecule has 0 spiro atoms. The molecule has 7 heterocycles. The van der Waals surface area contributed by atoms with Gasteiger partial charge in [0.1, 0.15) is 48.8 Å². The first kappa shape index (κ1) is 78.7. The number of nitrogens with one attached hydrogen (secondary N) is 2. The monoisotopic (exact) mass is 1390 g/mol. The topological polar surface area (TPSA) is 298 Å². The average Bonchev–Trinajstić information content (AvgIpc) is 0.773. The first-order valence-electron chi connectivity index (χ1n) is 36.5. The molecule has 9 rings (SSSR count). The van der Waals surface area contributed by atoms with Crippen molar-refractivity contribution in [1.82, 2.24) is 10.6 Å². The number of hydrogen-bond donors (Lipinski definition) is 7. The molecule has 7 aliphatic rings. The van der Waals surface area contributed by atoms with Crippen molar-refractivity contribution < 1.29 is 106 Å². The highest BCUT2D eigenvalue weighted by molar-refractivity contribution is 5.73. The van der Waals surface area contributed by atoms with Gasteiger partial charge in [0.25, 0.3) is 0 Å². The Morgan fingerprint density at radius 1 is 0.337 bits per heavy atom. The van der Waals surface area contributed by atoms with Crippen molar-refractivity contribution in [1.29, 1.82) is 0 Å². The molecule has 0 bridgehead atoms. The van der Waals surface area contributed by atoms with Gasteiger partial charge in [-0.2, -0.15) is 0 Å². The van der Waals surface area contributed by atoms with E-state index in [-0.39, 0.29) is 91.4 Å². The Balaban J connectivity index is 1.03. The van der Waals surface area contributed by atoms with Crippen molar-refractivity contribution in [3.63, 3.8) is 0 Å². The number of carbonyl (C=O) groups excluding carboxylic acids is 2. The standard InChI is InChI=1S/C74H118N2O22/c1-17-49-36(6)39(9)58(79)70(88-49)86-34-54-42(12)65(97-72-59(80)40(10)37(7)50(18-2)89-72)62(83)71(93-54)87-35-55-61(82)66(98-73-60(81)41(11)38(8)51(19-3)90-73)67(84-32-47-28-24-22-25-29-47)74(94-55)96-64-44(14)57(76-46(16)78)69(92-53(64)21-5)95-63-43(13)56(75-45(15)77)68(91-52(63)20-4)85-33-48-30-26-23-27-31-48/h22-31,36-44,49-74,79-83H,17-21,32-35H2,1-16H3,(H,75,77)(H,76,78)/t36-,37+,38+,39?,40?,41?,42+,43+,44+,49?,50?,51?,52?,53?,54?,55?,56?,57?,58+,59-,60-,61+,62?,63-,64-,65-,66-,67?,68+,69-,70-,71-,72-,73-,74-/m0/s1. The normalized spacial score (nSPS) is 44.8. The molecule has 7 aliphatic heterocycles. The molecular formula is C74H118N2O22. The third kappa shape index (κ3) is 18.2. The fraction of sp³-hybridized carbons (Fsp3) is 0.811. The molecule has 2 aromatic rings. The molecule has 2 amide bonds. The Morgan fingerprint density at radius 3 is 1.16 bits per heavy atom. The minimum Gasteiger partial charge on any atom is -0.388 e. The molecule has 98 heavy (non-hydrogen) atoms. The predicted octanol–water partition coefficient (Wildman–Crippen LogP) is 7.03. The zero-order valence-electron chi connectivity index (χ0n) is 60.5. The number of ether oxygens (including phenoxy) is 15. The van der Waals surface area contributed by atoms with Crippen LogP contribution in [-0.4, -0.2) is 210 Å². The molecule has 7 saturated heterocycles. The van der Waals surface area contributed by atoms with E-state index in [1.54, 1.807) is 0 Å². The van der Waals surface area contributed by atoms with E-state index < -0.39 is 160 Å². The Bertz CT molecular complexity index is 2720. The van der Waals surface area contributed by atoms with Gasteiger partial charge in [-0.05, 0) is 78.7 Å². The maximum absolute atomic E-state index is 13.5. The Morgan fingerprint density at radius 2 is 0.694 bits per heavy atom. The van der Waals surface area contributed by atoms with Crippen molar-refractivity contribution in [2.45, 2.75) is 316 Å². The molecule has 24 heteroatoms. The summed E-state index contributed by atoms with van der Waals surface area (Å²) in [6.45, 7) is 30.2. The zero-order chi connectivity index (χ0) is 71.0. The highest BCUT2D eigenvalue weighted by Crippen LogP contribution is 2.43. The smallest absolute Gasteiger partial charge is 0.217 e. The van der Waals surface area contributed by atoms with Gasteiger partial charge in [-0.25, -0.2) is 0 Å². The van der Waals surface area contributed by atoms with Crippen LogP contribution >= 0.6 is 0 Å². The Kier molecular flexibility index (Phi) is 28.8. The summed E-state index contributed by atoms with van der Waals surface area (Å²) in [5.74, 6) is -2.85. The van der Waals surface area contributed by atoms with Crippen LogP contribution in [0.1, 0.15) is 154 Å². The second-order valence-corrected chi connectivity index (χ2v) is 29.1. The van der Waals surface area contributed by atoms with Gasteiger partial charge < -0.3 is 107 Å². The number of rotatable bonds is 27. The van der Waals surface area contributed by atoms with Crippen LogP contribution in [0.3, 0.4) is 0 Å². The molecule has 2 aromatic carbocycles. The lowest BCUT2D eigenvalue weighted by atomic mass is 9.82. The molecule has 556 valence electrons. The summed E-state index contributed by atoms with van der Waals surface area (Å²) >= 11 is 0. The van der Waals surface area contributed by atoms with Crippen LogP contribution in [0.15, 0.2) is 60.7 Å². The molecule has 0 aliphatic carbocycles. The van der Waals surface area contributed by atoms with Gasteiger partial charge >= 0.3 is 0 Å². The maximum Gasteiger partial charge on any atom is 0.217 e. The summed E-state index contributed by atoms with van der Waals surface area (Å²) in [7, 11) is 0. The fourth-order valence-corrected chi connectivity index (χ4v) is 15.6. The minimum atomic E-state index is -1.60. The molecular weight excluding hydrogens is 1270 g/mol. The van der Waals surface area contributed by atoms with Crippen molar-refractivity contribution in [3.8, 4) is 0 Å². The highest BCUT2D eigenvalue weighted by atomic mass is 16.8. The van der Waals surface area contributed by atoms with Crippen LogP contribution in [-0.2, 0) is 93.9 Å². The number of carbonyl (C=O) groups is 2. The van der Waals surface area contributed by atoms with Crippen LogP contribution in [0.2, 0.25) is 0 Å². The van der Waals surface area contributed by atoms with E-state index in [0.29, 0.717) is 32.1 Å². The number of amides is 2. The van der Waals surface area contributed by atoms with Crippen molar-refractivity contribution in [2.24, 2.45) is 53.3 Å². The van der Waals surface area contributed by atoms with Gasteiger partial charge in [0.15, 0.2) is 44.0 Å². The number of hydrogen-bond acceptors (Lipinski definition) is 22. The van der Waals surface area contributed by atoms with Gasteiger partial charge in [0, 0.05) is 31.6 Å². The molecule has 0 radical (unpaired) electrons. The highest BCUT2D eigenvalue weighted by Gasteiger charge is 2.57. The van der Waals surface area contributed by atoms with Crippen LogP contribution < -0.4 is 10.6 Å². The SMILES string of the molecule is CCC1O[C@H](OCC2O[C@H](OCC3O[C@@H](O[C@@H]4C(CC)O[C@@H](O[C@@H]5C(CC)O[C@@H](OCc6ccccc6)C(NC(C)=O)[C@H]5C)C(NC(C)=O)[C@H]4C)C(OCc4ccccc4)[C@@H](O[C@@H]4OC(CC)[C@H](C)C(C)[C@@H]4O)[C@@H]3O)C(O)[C@@H](O[C@@H]3OC(CC)[C@H](C)C(C)[C@@H]3O)[C@@H]2C)[C@H](O)C(C)[C@@H]1C. The molecule has 7 N–H and O–H groups in total. The lowest BCUT2D eigenvalue weighted by molar-refractivity contribution is -0.384. The van der Waals surface area contributed by atoms with E-state index in [1.165, 1.54) is 13.8 Å². The summed E-state index contributed by atoms with van der Waals surface area (Å²) in [4.78, 5) is 26.4. The Labute approximate surface area is 580 Å². The van der Waals surface area contributed by atoms with Gasteiger partial charge in [-0.1, -0.05) is 158 Å². The first-order valence-corrected chi connectivity index (χ1v) is 36.5. The Hall–Kier alpha value is -3.42. The summed E-state index contributed by atoms with van der Waals surface area (Å²) < 4.78 is 101. The summed E-state index contributed by atoms with van der Waals surface area (Å²) in [6, 6.07) is 17.7. The minimum absolute atomic E-state index is 0.000990. The molecule has 14 unspecified atom stereocenters. The third-order valence-corrected chi connectivity index (χ3v) is 22.7. The third-order valence-electron chi connectivity index (χ3n) is 22.7. The largest absolute Gasteiger partial charge is 0.388 e. The van der Waals surface area contributed by atoms with Crippen LogP contribution in [0.25, 0.3) is 0 Å². The molecule has 7 fully saturated rings. The second kappa shape index (κ2) is 35.8. The summed E-state index contributed by atoms with van der Waals surface area (Å²) in [6.07, 6.45) is -21.0. The van der Waals surface area contributed by atoms with Crippen LogP contribution in [0, 0.1) is 53.3 Å². The lowest BCUT2D eigenvalue weighted by Crippen LogP contribution is -2.67. The quantitative estimate of drug-likeness (QED) is 0.0472. The van der Waals surface area contributed by atoms with Crippen molar-refractivity contribution >= 4 is 11.8 Å². The number of aliphatic hydroxyl groups is 5. The summed E-state index contributed by atoms with van der Waals surface area (Å²) in [5.41, 5.74) is 1.72. The van der Waals surface area contributed by atoms with E-state index in [9.17, 15) is 35.1 Å². The van der Waals surface area contributed by atoms with E-state index >= 15 is 0 Å². The maximum atomic E-state index is 13.5. The number of benzene rings is 2. The van der Waals surface area contributed by atoms with E-state index in [1.807, 2.05) is 151 Å². The summed E-state index contributed by atoms with van der Waals surface area (Å²) in [5, 5.41) is 67.1. The second-order valence-electron chi connectivity index (χ2n) is 29.1. The van der Waals surface area contributed by atoms with E-state index in [0.717, 1.165) is 11.1 Å². The predicted molar refractivity (Wildman–Crippen MR) is 357 cm³/mol. The number of aliphatic hydroxyl groups excluding tert-OH is 5. The van der Waals surface area contributed by atoms with Crippen LogP contribution in [0.4, 0.5) is 0 Å². The zero-order valence-corrected chi connectivity index (χ0v) is 60.5. The van der Waals surface area contributed by atoms with Gasteiger partial charge in [0.05, 0.1) is 93.4 Å². The molecule has 35 atom stereocenters. The first-order chi connectivity index (χ1) is 46.8. The van der Waals surface area contributed by atoms with E-state index in [2.05, 4.69) is 17.6 Å². The average molecular weight is 1390 g/mol. The van der Waals surface area contributed by atoms with Gasteiger partial charge in [-0.3, -0.25) is 9.59 Å². The molecule has 0 saturated carbocycles. The van der Waals surface area contributed by atoms with Crippen LogP contribution in [0.5, 0.6) is 0 Å². The fourth-order valence-electron chi connectivity index (χ4n) is 15.6. The van der Waals surface area contributed by atoms with Gasteiger partial charge in [0.2, 0.25) is 11.8 Å². The molecule has 0 aromatic heterocycles. The van der Waals surface area contributed by atoms with Gasteiger partial charge in [-0.15, -0.1) is 0 Å². The van der Waals surface area contributed by atoms with Crippen molar-refractivity contribution in [2.75, 3.05) is 13.2 Å². The molecule has 24 nitrogen and oxygen atoms in total. The van der Waals surface area contributed by atoms with Crippen molar-refractivity contribution in [3.05, 3.63) is 71.8 Å².